The van der Waals surface area contributed by atoms with E-state index >= 15 is 0 Å². The number of halogens is 3. The Hall–Kier alpha value is -1.72. The zero-order valence-corrected chi connectivity index (χ0v) is 10.2. The van der Waals surface area contributed by atoms with Gasteiger partial charge in [-0.1, -0.05) is 6.07 Å². The molecule has 1 aromatic rings. The van der Waals surface area contributed by atoms with Crippen LogP contribution >= 0.6 is 0 Å². The molecule has 0 saturated heterocycles. The molecular weight excluding hydrogens is 247 g/mol. The molecule has 6 heteroatoms. The highest BCUT2D eigenvalue weighted by Gasteiger charge is 2.37. The van der Waals surface area contributed by atoms with Crippen molar-refractivity contribution in [2.75, 3.05) is 0 Å². The molecule has 0 fully saturated rings. The highest BCUT2D eigenvalue weighted by molar-refractivity contribution is 5.98. The van der Waals surface area contributed by atoms with Gasteiger partial charge < -0.3 is 10.4 Å². The Bertz CT molecular complexity index is 461. The topological polar surface area (TPSA) is 49.3 Å². The Labute approximate surface area is 103 Å². The highest BCUT2D eigenvalue weighted by atomic mass is 19.4. The van der Waals surface area contributed by atoms with Gasteiger partial charge in [-0.15, -0.1) is 0 Å². The Morgan fingerprint density at radius 3 is 2.22 bits per heavy atom. The van der Waals surface area contributed by atoms with Gasteiger partial charge in [0.1, 0.15) is 5.75 Å². The smallest absolute Gasteiger partial charge is 0.417 e. The van der Waals surface area contributed by atoms with Crippen LogP contribution in [0.25, 0.3) is 0 Å². The van der Waals surface area contributed by atoms with Gasteiger partial charge in [-0.05, 0) is 32.9 Å². The zero-order chi connectivity index (χ0) is 14.1. The maximum atomic E-state index is 12.7. The Morgan fingerprint density at radius 2 is 1.78 bits per heavy atom. The number of carbonyl (C=O) groups excluding carboxylic acids is 1. The van der Waals surface area contributed by atoms with Crippen molar-refractivity contribution in [3.05, 3.63) is 29.3 Å². The third-order valence-electron chi connectivity index (χ3n) is 2.06. The second kappa shape index (κ2) is 4.51. The summed E-state index contributed by atoms with van der Waals surface area (Å²) in [6.07, 6.45) is -4.69. The van der Waals surface area contributed by atoms with Crippen molar-refractivity contribution < 1.29 is 23.1 Å². The van der Waals surface area contributed by atoms with E-state index in [1.54, 1.807) is 20.8 Å². The summed E-state index contributed by atoms with van der Waals surface area (Å²) < 4.78 is 38.2. The number of rotatable bonds is 1. The maximum absolute atomic E-state index is 12.7. The van der Waals surface area contributed by atoms with Crippen LogP contribution in [-0.2, 0) is 6.18 Å². The lowest BCUT2D eigenvalue weighted by atomic mass is 10.0. The SMILES string of the molecule is CC(C)(C)NC(=O)c1c(O)cccc1C(F)(F)F. The first-order valence-corrected chi connectivity index (χ1v) is 5.24. The fourth-order valence-electron chi connectivity index (χ4n) is 1.42. The number of hydrogen-bond acceptors (Lipinski definition) is 2. The lowest BCUT2D eigenvalue weighted by Gasteiger charge is -2.22. The van der Waals surface area contributed by atoms with E-state index in [1.165, 1.54) is 0 Å². The summed E-state index contributed by atoms with van der Waals surface area (Å²) in [5.41, 5.74) is -2.59. The first-order chi connectivity index (χ1) is 8.02. The van der Waals surface area contributed by atoms with Gasteiger partial charge in [0.05, 0.1) is 11.1 Å². The van der Waals surface area contributed by atoms with Gasteiger partial charge in [-0.3, -0.25) is 4.79 Å². The van der Waals surface area contributed by atoms with Crippen LogP contribution < -0.4 is 5.32 Å². The lowest BCUT2D eigenvalue weighted by molar-refractivity contribution is -0.138. The van der Waals surface area contributed by atoms with E-state index in [9.17, 15) is 23.1 Å². The first-order valence-electron chi connectivity index (χ1n) is 5.24. The van der Waals surface area contributed by atoms with E-state index in [4.69, 9.17) is 0 Å². The summed E-state index contributed by atoms with van der Waals surface area (Å²) in [6.45, 7) is 4.91. The standard InChI is InChI=1S/C12H14F3NO2/c1-11(2,3)16-10(18)9-7(12(13,14)15)5-4-6-8(9)17/h4-6,17H,1-3H3,(H,16,18). The van der Waals surface area contributed by atoms with Gasteiger partial charge in [-0.25, -0.2) is 0 Å². The quantitative estimate of drug-likeness (QED) is 0.816. The van der Waals surface area contributed by atoms with Crippen molar-refractivity contribution in [3.63, 3.8) is 0 Å². The number of alkyl halides is 3. The summed E-state index contributed by atoms with van der Waals surface area (Å²) in [5.74, 6) is -1.64. The minimum Gasteiger partial charge on any atom is -0.507 e. The van der Waals surface area contributed by atoms with Crippen LogP contribution in [0.2, 0.25) is 0 Å². The second-order valence-electron chi connectivity index (χ2n) is 4.90. The molecule has 3 nitrogen and oxygen atoms in total. The average molecular weight is 261 g/mol. The molecule has 0 spiro atoms. The molecule has 0 aliphatic heterocycles. The molecule has 0 saturated carbocycles. The summed E-state index contributed by atoms with van der Waals surface area (Å²) in [7, 11) is 0. The zero-order valence-electron chi connectivity index (χ0n) is 10.2. The molecule has 2 N–H and O–H groups in total. The van der Waals surface area contributed by atoms with Crippen molar-refractivity contribution in [1.29, 1.82) is 0 Å². The molecule has 1 amide bonds. The largest absolute Gasteiger partial charge is 0.507 e. The number of benzene rings is 1. The van der Waals surface area contributed by atoms with Crippen molar-refractivity contribution in [2.45, 2.75) is 32.5 Å². The Kier molecular flexibility index (Phi) is 3.59. The van der Waals surface area contributed by atoms with Gasteiger partial charge in [0.15, 0.2) is 0 Å². The van der Waals surface area contributed by atoms with E-state index in [1.807, 2.05) is 0 Å². The van der Waals surface area contributed by atoms with Gasteiger partial charge in [0.25, 0.3) is 5.91 Å². The van der Waals surface area contributed by atoms with Crippen LogP contribution in [0, 0.1) is 0 Å². The normalized spacial score (nSPS) is 12.3. The number of nitrogens with one attached hydrogen (secondary N) is 1. The third kappa shape index (κ3) is 3.38. The molecule has 18 heavy (non-hydrogen) atoms. The average Bonchev–Trinajstić information content (AvgIpc) is 2.12. The minimum absolute atomic E-state index is 0.688. The molecule has 0 heterocycles. The first kappa shape index (κ1) is 14.3. The van der Waals surface area contributed by atoms with Crippen LogP contribution in [0.15, 0.2) is 18.2 Å². The van der Waals surface area contributed by atoms with E-state index < -0.39 is 34.5 Å². The fourth-order valence-corrected chi connectivity index (χ4v) is 1.42. The predicted molar refractivity (Wildman–Crippen MR) is 60.3 cm³/mol. The van der Waals surface area contributed by atoms with Crippen molar-refractivity contribution in [1.82, 2.24) is 5.32 Å². The van der Waals surface area contributed by atoms with Gasteiger partial charge >= 0.3 is 6.18 Å². The third-order valence-corrected chi connectivity index (χ3v) is 2.06. The molecule has 100 valence electrons. The minimum atomic E-state index is -4.69. The van der Waals surface area contributed by atoms with Gasteiger partial charge in [-0.2, -0.15) is 13.2 Å². The Balaban J connectivity index is 3.27. The summed E-state index contributed by atoms with van der Waals surface area (Å²) >= 11 is 0. The van der Waals surface area contributed by atoms with Crippen LogP contribution in [0.3, 0.4) is 0 Å². The van der Waals surface area contributed by atoms with Crippen molar-refractivity contribution in [3.8, 4) is 5.75 Å². The van der Waals surface area contributed by atoms with Crippen LogP contribution in [-0.4, -0.2) is 16.6 Å². The van der Waals surface area contributed by atoms with E-state index in [-0.39, 0.29) is 0 Å². The molecule has 1 rings (SSSR count). The molecular formula is C12H14F3NO2. The molecule has 0 aromatic heterocycles. The number of carbonyl (C=O) groups is 1. The molecule has 0 aliphatic carbocycles. The molecule has 0 aliphatic rings. The number of amides is 1. The van der Waals surface area contributed by atoms with Crippen molar-refractivity contribution in [2.24, 2.45) is 0 Å². The fraction of sp³-hybridized carbons (Fsp3) is 0.417. The Morgan fingerprint density at radius 1 is 1.22 bits per heavy atom. The number of aromatic hydroxyl groups is 1. The van der Waals surface area contributed by atoms with Crippen molar-refractivity contribution >= 4 is 5.91 Å². The molecule has 0 atom stereocenters. The number of phenols is 1. The summed E-state index contributed by atoms with van der Waals surface area (Å²) in [4.78, 5) is 11.8. The number of phenolic OH excluding ortho intramolecular Hbond substituents is 1. The molecule has 0 bridgehead atoms. The molecule has 1 aromatic carbocycles. The van der Waals surface area contributed by atoms with Gasteiger partial charge in [0, 0.05) is 5.54 Å². The predicted octanol–water partition coefficient (Wildman–Crippen LogP) is 2.94. The summed E-state index contributed by atoms with van der Waals surface area (Å²) in [6, 6.07) is 2.86. The number of hydrogen-bond donors (Lipinski definition) is 2. The monoisotopic (exact) mass is 261 g/mol. The molecule has 0 radical (unpaired) electrons. The van der Waals surface area contributed by atoms with Gasteiger partial charge in [0.2, 0.25) is 0 Å². The molecule has 0 unspecified atom stereocenters. The highest BCUT2D eigenvalue weighted by Crippen LogP contribution is 2.35. The second-order valence-corrected chi connectivity index (χ2v) is 4.90. The van der Waals surface area contributed by atoms with E-state index in [0.29, 0.717) is 0 Å². The van der Waals surface area contributed by atoms with Crippen LogP contribution in [0.1, 0.15) is 36.7 Å². The lowest BCUT2D eigenvalue weighted by Crippen LogP contribution is -2.41. The summed E-state index contributed by atoms with van der Waals surface area (Å²) in [5, 5.41) is 11.9. The van der Waals surface area contributed by atoms with Crippen LogP contribution in [0.5, 0.6) is 5.75 Å². The van der Waals surface area contributed by atoms with Crippen LogP contribution in [0.4, 0.5) is 13.2 Å². The maximum Gasteiger partial charge on any atom is 0.417 e. The van der Waals surface area contributed by atoms with E-state index in [0.717, 1.165) is 18.2 Å². The van der Waals surface area contributed by atoms with E-state index in [2.05, 4.69) is 5.32 Å².